The summed E-state index contributed by atoms with van der Waals surface area (Å²) >= 11 is 0. The van der Waals surface area contributed by atoms with Crippen molar-refractivity contribution in [1.82, 2.24) is 5.32 Å². The van der Waals surface area contributed by atoms with Gasteiger partial charge in [-0.1, -0.05) is 0 Å². The number of hydrogen-bond acceptors (Lipinski definition) is 4. The second-order valence-electron chi connectivity index (χ2n) is 4.97. The van der Waals surface area contributed by atoms with Gasteiger partial charge in [0.05, 0.1) is 23.7 Å². The lowest BCUT2D eigenvalue weighted by Gasteiger charge is -2.26. The van der Waals surface area contributed by atoms with E-state index < -0.39 is 0 Å². The molecule has 1 aliphatic carbocycles. The standard InChI is InChI=1S/C15H20N4O/c1-2-18-15(20)13-7-4-11(17)10-14(13)19(9-3-8-16)12-5-6-12/h4,7,10,12H,2-3,5-6,9,17H2,1H3,(H,18,20). The van der Waals surface area contributed by atoms with Crippen LogP contribution in [0.1, 0.15) is 36.5 Å². The first-order chi connectivity index (χ1) is 9.67. The normalized spacial score (nSPS) is 13.6. The van der Waals surface area contributed by atoms with E-state index in [-0.39, 0.29) is 5.91 Å². The van der Waals surface area contributed by atoms with Crippen LogP contribution >= 0.6 is 0 Å². The topological polar surface area (TPSA) is 82.2 Å². The molecule has 0 saturated heterocycles. The second kappa shape index (κ2) is 6.29. The van der Waals surface area contributed by atoms with Crippen LogP contribution in [0.25, 0.3) is 0 Å². The van der Waals surface area contributed by atoms with Crippen molar-refractivity contribution < 1.29 is 4.79 Å². The number of nitrogen functional groups attached to an aromatic ring is 1. The Hall–Kier alpha value is -2.22. The Balaban J connectivity index is 2.33. The van der Waals surface area contributed by atoms with Crippen molar-refractivity contribution in [2.75, 3.05) is 23.7 Å². The van der Waals surface area contributed by atoms with Gasteiger partial charge in [0, 0.05) is 24.8 Å². The molecule has 0 bridgehead atoms. The molecule has 0 aliphatic heterocycles. The summed E-state index contributed by atoms with van der Waals surface area (Å²) < 4.78 is 0. The van der Waals surface area contributed by atoms with Crippen molar-refractivity contribution in [3.8, 4) is 6.07 Å². The van der Waals surface area contributed by atoms with E-state index in [9.17, 15) is 4.79 Å². The molecule has 20 heavy (non-hydrogen) atoms. The van der Waals surface area contributed by atoms with Crippen LogP contribution in [0.2, 0.25) is 0 Å². The number of rotatable bonds is 6. The molecule has 1 saturated carbocycles. The zero-order chi connectivity index (χ0) is 14.5. The number of amides is 1. The minimum atomic E-state index is -0.0925. The average Bonchev–Trinajstić information content (AvgIpc) is 3.24. The molecule has 5 heteroatoms. The van der Waals surface area contributed by atoms with Crippen molar-refractivity contribution >= 4 is 17.3 Å². The van der Waals surface area contributed by atoms with Gasteiger partial charge in [-0.2, -0.15) is 5.26 Å². The van der Waals surface area contributed by atoms with Gasteiger partial charge in [0.1, 0.15) is 0 Å². The highest BCUT2D eigenvalue weighted by molar-refractivity contribution is 6.00. The number of nitrogens with zero attached hydrogens (tertiary/aromatic N) is 2. The van der Waals surface area contributed by atoms with Gasteiger partial charge in [0.15, 0.2) is 0 Å². The average molecular weight is 272 g/mol. The molecular weight excluding hydrogens is 252 g/mol. The number of nitrogens with one attached hydrogen (secondary N) is 1. The van der Waals surface area contributed by atoms with Crippen LogP contribution in [0.5, 0.6) is 0 Å². The Bertz CT molecular complexity index is 531. The Morgan fingerprint density at radius 3 is 2.90 bits per heavy atom. The quantitative estimate of drug-likeness (QED) is 0.775. The first kappa shape index (κ1) is 14.2. The summed E-state index contributed by atoms with van der Waals surface area (Å²) in [6, 6.07) is 7.93. The lowest BCUT2D eigenvalue weighted by molar-refractivity contribution is 0.0956. The largest absolute Gasteiger partial charge is 0.399 e. The lowest BCUT2D eigenvalue weighted by Crippen LogP contribution is -2.31. The fraction of sp³-hybridized carbons (Fsp3) is 0.467. The highest BCUT2D eigenvalue weighted by Crippen LogP contribution is 2.34. The summed E-state index contributed by atoms with van der Waals surface area (Å²) in [7, 11) is 0. The van der Waals surface area contributed by atoms with Gasteiger partial charge in [0.25, 0.3) is 5.91 Å². The third-order valence-corrected chi connectivity index (χ3v) is 3.37. The summed E-state index contributed by atoms with van der Waals surface area (Å²) in [6.45, 7) is 3.12. The Labute approximate surface area is 119 Å². The summed E-state index contributed by atoms with van der Waals surface area (Å²) in [5.41, 5.74) is 7.97. The SMILES string of the molecule is CCNC(=O)c1ccc(N)cc1N(CCC#N)C1CC1. The number of benzene rings is 1. The molecule has 1 aromatic rings. The third kappa shape index (κ3) is 3.21. The predicted molar refractivity (Wildman–Crippen MR) is 79.5 cm³/mol. The molecule has 1 amide bonds. The molecule has 5 nitrogen and oxygen atoms in total. The van der Waals surface area contributed by atoms with Gasteiger partial charge in [-0.15, -0.1) is 0 Å². The fourth-order valence-electron chi connectivity index (χ4n) is 2.29. The maximum absolute atomic E-state index is 12.2. The maximum atomic E-state index is 12.2. The monoisotopic (exact) mass is 272 g/mol. The first-order valence-corrected chi connectivity index (χ1v) is 6.98. The summed E-state index contributed by atoms with van der Waals surface area (Å²) in [5.74, 6) is -0.0925. The van der Waals surface area contributed by atoms with E-state index in [2.05, 4.69) is 16.3 Å². The minimum Gasteiger partial charge on any atom is -0.399 e. The van der Waals surface area contributed by atoms with Gasteiger partial charge in [-0.05, 0) is 38.0 Å². The number of carbonyl (C=O) groups excluding carboxylic acids is 1. The van der Waals surface area contributed by atoms with E-state index in [4.69, 9.17) is 11.0 Å². The highest BCUT2D eigenvalue weighted by atomic mass is 16.1. The summed E-state index contributed by atoms with van der Waals surface area (Å²) in [4.78, 5) is 14.3. The van der Waals surface area contributed by atoms with E-state index in [1.807, 2.05) is 13.0 Å². The Kier molecular flexibility index (Phi) is 4.46. The number of nitrogens with two attached hydrogens (primary N) is 1. The van der Waals surface area contributed by atoms with E-state index in [1.54, 1.807) is 12.1 Å². The summed E-state index contributed by atoms with van der Waals surface area (Å²) in [5, 5.41) is 11.6. The second-order valence-corrected chi connectivity index (χ2v) is 4.97. The first-order valence-electron chi connectivity index (χ1n) is 6.98. The molecule has 0 heterocycles. The third-order valence-electron chi connectivity index (χ3n) is 3.37. The molecule has 3 N–H and O–H groups in total. The van der Waals surface area contributed by atoms with E-state index in [0.29, 0.717) is 36.8 Å². The van der Waals surface area contributed by atoms with Crippen molar-refractivity contribution in [3.05, 3.63) is 23.8 Å². The molecule has 1 aromatic carbocycles. The Morgan fingerprint density at radius 1 is 1.55 bits per heavy atom. The van der Waals surface area contributed by atoms with Crippen molar-refractivity contribution in [2.24, 2.45) is 0 Å². The fourth-order valence-corrected chi connectivity index (χ4v) is 2.29. The minimum absolute atomic E-state index is 0.0925. The number of carbonyl (C=O) groups is 1. The number of nitriles is 1. The smallest absolute Gasteiger partial charge is 0.253 e. The van der Waals surface area contributed by atoms with Crippen molar-refractivity contribution in [1.29, 1.82) is 5.26 Å². The number of hydrogen-bond donors (Lipinski definition) is 2. The Morgan fingerprint density at radius 2 is 2.30 bits per heavy atom. The van der Waals surface area contributed by atoms with Crippen LogP contribution in [0.15, 0.2) is 18.2 Å². The molecule has 2 rings (SSSR count). The van der Waals surface area contributed by atoms with Crippen LogP contribution in [0.3, 0.4) is 0 Å². The molecule has 0 radical (unpaired) electrons. The summed E-state index contributed by atoms with van der Waals surface area (Å²) in [6.07, 6.45) is 2.66. The molecule has 106 valence electrons. The van der Waals surface area contributed by atoms with E-state index in [0.717, 1.165) is 18.5 Å². The molecule has 0 unspecified atom stereocenters. The molecule has 1 aliphatic rings. The number of anilines is 2. The molecule has 0 spiro atoms. The van der Waals surface area contributed by atoms with Gasteiger partial charge in [0.2, 0.25) is 0 Å². The van der Waals surface area contributed by atoms with Crippen LogP contribution in [0.4, 0.5) is 11.4 Å². The van der Waals surface area contributed by atoms with Crippen molar-refractivity contribution in [3.63, 3.8) is 0 Å². The maximum Gasteiger partial charge on any atom is 0.253 e. The van der Waals surface area contributed by atoms with E-state index >= 15 is 0 Å². The van der Waals surface area contributed by atoms with Gasteiger partial charge in [-0.25, -0.2) is 0 Å². The zero-order valence-electron chi connectivity index (χ0n) is 11.7. The lowest BCUT2D eigenvalue weighted by atomic mass is 10.1. The highest BCUT2D eigenvalue weighted by Gasteiger charge is 2.31. The predicted octanol–water partition coefficient (Wildman–Crippen LogP) is 1.90. The van der Waals surface area contributed by atoms with Gasteiger partial charge < -0.3 is 16.0 Å². The van der Waals surface area contributed by atoms with Crippen LogP contribution in [-0.4, -0.2) is 25.0 Å². The van der Waals surface area contributed by atoms with Crippen LogP contribution in [0, 0.1) is 11.3 Å². The molecule has 0 atom stereocenters. The van der Waals surface area contributed by atoms with E-state index in [1.165, 1.54) is 0 Å². The van der Waals surface area contributed by atoms with Crippen LogP contribution in [-0.2, 0) is 0 Å². The van der Waals surface area contributed by atoms with Gasteiger partial charge in [-0.3, -0.25) is 4.79 Å². The van der Waals surface area contributed by atoms with Crippen LogP contribution < -0.4 is 16.0 Å². The van der Waals surface area contributed by atoms with Gasteiger partial charge >= 0.3 is 0 Å². The molecule has 0 aromatic heterocycles. The van der Waals surface area contributed by atoms with Crippen molar-refractivity contribution in [2.45, 2.75) is 32.2 Å². The molecular formula is C15H20N4O. The molecule has 1 fully saturated rings. The zero-order valence-corrected chi connectivity index (χ0v) is 11.7.